The van der Waals surface area contributed by atoms with Crippen molar-refractivity contribution in [2.45, 2.75) is 168 Å². The largest absolute Gasteiger partial charge is 0.493 e. The van der Waals surface area contributed by atoms with Gasteiger partial charge >= 0.3 is 11.9 Å². The number of anilines is 1. The van der Waals surface area contributed by atoms with Crippen LogP contribution < -0.4 is 20.1 Å². The SMILES string of the molecule is CC.CCCC(=O)OCc1ccc(O[C@@H]2OC(C(=O)O)[C@@H](O)[C@H](O)C2O)c(NC(=O)CCNC(=O)CCCCCN2C(=O)CC(C(C)(C)C)C2=O)c1.COCCCOc1ccc2c(c1)N=C[C@@H]1CC(c3ccccc3)=CN1C2=O.Cc1ccc2c(c1)N=C[C@@H]1CC(c3ccccc3)=CN1C2=O. The molecule has 2 saturated heterocycles. The van der Waals surface area contributed by atoms with Gasteiger partial charge in [0, 0.05) is 103 Å². The number of unbranched alkanes of at least 4 members (excludes halogenated alkanes) is 2. The molecular formula is C77H93N7O17. The number of aliphatic hydroxyl groups is 3. The number of methoxy groups -OCH3 is 1. The fourth-order valence-electron chi connectivity index (χ4n) is 12.0. The molecule has 2 fully saturated rings. The zero-order valence-corrected chi connectivity index (χ0v) is 58.5. The number of imide groups is 1. The summed E-state index contributed by atoms with van der Waals surface area (Å²) in [5.74, 6) is -2.86. The zero-order valence-electron chi connectivity index (χ0n) is 58.5. The molecule has 24 nitrogen and oxygen atoms in total. The summed E-state index contributed by atoms with van der Waals surface area (Å²) in [5, 5.41) is 45.2. The van der Waals surface area contributed by atoms with Crippen molar-refractivity contribution in [3.63, 3.8) is 0 Å². The minimum Gasteiger partial charge on any atom is -0.493 e. The Morgan fingerprint density at radius 2 is 1.29 bits per heavy atom. The Morgan fingerprint density at radius 3 is 1.87 bits per heavy atom. The van der Waals surface area contributed by atoms with Crippen LogP contribution in [0.4, 0.5) is 17.1 Å². The van der Waals surface area contributed by atoms with Crippen LogP contribution in [0, 0.1) is 18.3 Å². The van der Waals surface area contributed by atoms with Crippen LogP contribution in [-0.2, 0) is 49.6 Å². The van der Waals surface area contributed by atoms with Crippen LogP contribution in [0.3, 0.4) is 0 Å². The van der Waals surface area contributed by atoms with Gasteiger partial charge in [-0.05, 0) is 101 Å². The molecule has 0 bridgehead atoms. The van der Waals surface area contributed by atoms with Crippen LogP contribution in [0.5, 0.6) is 11.5 Å². The minimum absolute atomic E-state index is 0.00499. The molecule has 24 heteroatoms. The number of aryl methyl sites for hydroxylation is 1. The van der Waals surface area contributed by atoms with E-state index < -0.39 is 48.6 Å². The average molecular weight is 1390 g/mol. The van der Waals surface area contributed by atoms with Crippen molar-refractivity contribution in [1.29, 1.82) is 0 Å². The third kappa shape index (κ3) is 20.5. The van der Waals surface area contributed by atoms with Crippen molar-refractivity contribution < 1.29 is 82.5 Å². The number of hydrogen-bond donors (Lipinski definition) is 6. The molecule has 0 radical (unpaired) electrons. The maximum Gasteiger partial charge on any atom is 0.335 e. The third-order valence-corrected chi connectivity index (χ3v) is 17.5. The van der Waals surface area contributed by atoms with E-state index >= 15 is 0 Å². The first kappa shape index (κ1) is 77.0. The Balaban J connectivity index is 0.000000210. The van der Waals surface area contributed by atoms with Crippen LogP contribution in [0.1, 0.15) is 155 Å². The summed E-state index contributed by atoms with van der Waals surface area (Å²) in [6.07, 6.45) is 3.55. The number of rotatable bonds is 24. The lowest BCUT2D eigenvalue weighted by Gasteiger charge is -2.38. The highest BCUT2D eigenvalue weighted by Crippen LogP contribution is 2.39. The normalized spacial score (nSPS) is 20.9. The summed E-state index contributed by atoms with van der Waals surface area (Å²) in [7, 11) is 1.67. The number of aliphatic imine (C=N–C) groups is 2. The van der Waals surface area contributed by atoms with Gasteiger partial charge in [0.05, 0.1) is 52.8 Å². The van der Waals surface area contributed by atoms with Crippen molar-refractivity contribution in [3.05, 3.63) is 161 Å². The molecule has 0 aliphatic carbocycles. The number of nitrogens with one attached hydrogen (secondary N) is 2. The molecule has 11 rings (SSSR count). The Hall–Kier alpha value is -9.72. The molecule has 6 N–H and O–H groups in total. The topological polar surface area (TPSA) is 322 Å². The smallest absolute Gasteiger partial charge is 0.335 e. The van der Waals surface area contributed by atoms with E-state index in [1.807, 2.05) is 145 Å². The van der Waals surface area contributed by atoms with Crippen molar-refractivity contribution >= 4 is 88.0 Å². The second-order valence-corrected chi connectivity index (χ2v) is 26.0. The molecule has 101 heavy (non-hydrogen) atoms. The van der Waals surface area contributed by atoms with Gasteiger partial charge in [0.1, 0.15) is 36.4 Å². The van der Waals surface area contributed by atoms with Crippen LogP contribution in [-0.4, -0.2) is 171 Å². The van der Waals surface area contributed by atoms with Gasteiger partial charge in [-0.3, -0.25) is 48.4 Å². The van der Waals surface area contributed by atoms with E-state index in [0.717, 1.165) is 47.4 Å². The number of esters is 1. The van der Waals surface area contributed by atoms with E-state index in [9.17, 15) is 58.8 Å². The second-order valence-electron chi connectivity index (χ2n) is 26.0. The summed E-state index contributed by atoms with van der Waals surface area (Å²) in [6, 6.07) is 35.9. The van der Waals surface area contributed by atoms with Gasteiger partial charge in [0.15, 0.2) is 6.10 Å². The fourth-order valence-corrected chi connectivity index (χ4v) is 12.0. The monoisotopic (exact) mass is 1390 g/mol. The maximum atomic E-state index is 13.0. The summed E-state index contributed by atoms with van der Waals surface area (Å²) in [5.41, 5.74) is 8.68. The highest BCUT2D eigenvalue weighted by Gasteiger charge is 2.49. The van der Waals surface area contributed by atoms with Gasteiger partial charge in [0.25, 0.3) is 11.8 Å². The van der Waals surface area contributed by atoms with E-state index in [2.05, 4.69) is 44.9 Å². The third-order valence-electron chi connectivity index (χ3n) is 17.5. The molecule has 0 saturated carbocycles. The van der Waals surface area contributed by atoms with Gasteiger partial charge in [-0.1, -0.05) is 121 Å². The first-order valence-electron chi connectivity index (χ1n) is 34.4. The van der Waals surface area contributed by atoms with Gasteiger partial charge < -0.3 is 64.5 Å². The number of likely N-dealkylation sites (tertiary alicyclic amines) is 1. The molecule has 6 aliphatic rings. The van der Waals surface area contributed by atoms with E-state index in [4.69, 9.17) is 23.7 Å². The van der Waals surface area contributed by atoms with Gasteiger partial charge in [-0.2, -0.15) is 0 Å². The number of carbonyl (C=O) groups excluding carboxylic acids is 7. The number of hydrogen-bond acceptors (Lipinski definition) is 18. The Kier molecular flexibility index (Phi) is 27.9. The van der Waals surface area contributed by atoms with Crippen molar-refractivity contribution in [3.8, 4) is 11.5 Å². The molecule has 3 unspecified atom stereocenters. The number of nitrogens with zero attached hydrogens (tertiary/aromatic N) is 5. The second kappa shape index (κ2) is 36.6. The number of carboxylic acid groups (broad SMARTS) is 1. The van der Waals surface area contributed by atoms with E-state index in [-0.39, 0.29) is 103 Å². The average Bonchev–Trinajstić information content (AvgIpc) is 1.55. The number of benzene rings is 5. The van der Waals surface area contributed by atoms with Crippen molar-refractivity contribution in [1.82, 2.24) is 20.0 Å². The number of amides is 6. The fraction of sp³-hybridized carbons (Fsp3) is 0.429. The molecule has 6 amide bonds. The maximum absolute atomic E-state index is 13.0. The predicted octanol–water partition coefficient (Wildman–Crippen LogP) is 10.3. The van der Waals surface area contributed by atoms with Crippen molar-refractivity contribution in [2.75, 3.05) is 38.7 Å². The molecule has 6 aliphatic heterocycles. The van der Waals surface area contributed by atoms with E-state index in [0.29, 0.717) is 67.8 Å². The quantitative estimate of drug-likeness (QED) is 0.0190. The lowest BCUT2D eigenvalue weighted by atomic mass is 9.80. The first-order valence-corrected chi connectivity index (χ1v) is 34.4. The van der Waals surface area contributed by atoms with Crippen LogP contribution in [0.15, 0.2) is 138 Å². The minimum atomic E-state index is -1.93. The van der Waals surface area contributed by atoms with Crippen LogP contribution in [0.25, 0.3) is 11.1 Å². The summed E-state index contributed by atoms with van der Waals surface area (Å²) in [4.78, 5) is 113. The van der Waals surface area contributed by atoms with Gasteiger partial charge in [-0.15, -0.1) is 0 Å². The summed E-state index contributed by atoms with van der Waals surface area (Å²) >= 11 is 0. The number of carbonyl (C=O) groups is 8. The van der Waals surface area contributed by atoms with Crippen LogP contribution >= 0.6 is 0 Å². The Bertz CT molecular complexity index is 3870. The summed E-state index contributed by atoms with van der Waals surface area (Å²) < 4.78 is 26.8. The van der Waals surface area contributed by atoms with Gasteiger partial charge in [-0.25, -0.2) is 4.79 Å². The predicted molar refractivity (Wildman–Crippen MR) is 380 cm³/mol. The van der Waals surface area contributed by atoms with E-state index in [1.165, 1.54) is 34.2 Å². The van der Waals surface area contributed by atoms with Crippen molar-refractivity contribution in [2.24, 2.45) is 21.3 Å². The number of fused-ring (bicyclic) bond motifs is 4. The molecule has 5 aromatic rings. The van der Waals surface area contributed by atoms with Gasteiger partial charge in [0.2, 0.25) is 29.9 Å². The molecule has 5 aromatic carbocycles. The highest BCUT2D eigenvalue weighted by atomic mass is 16.7. The lowest BCUT2D eigenvalue weighted by Crippen LogP contribution is -2.61. The zero-order chi connectivity index (χ0) is 72.9. The van der Waals surface area contributed by atoms with Crippen LogP contribution in [0.2, 0.25) is 0 Å². The Morgan fingerprint density at radius 1 is 0.673 bits per heavy atom. The highest BCUT2D eigenvalue weighted by molar-refractivity contribution is 6.06. The number of carboxylic acids is 1. The molecule has 6 heterocycles. The number of ether oxygens (including phenoxy) is 5. The molecule has 8 atom stereocenters. The lowest BCUT2D eigenvalue weighted by molar-refractivity contribution is -0.271. The molecule has 538 valence electrons. The number of aliphatic hydroxyl groups excluding tert-OH is 3. The Labute approximate surface area is 589 Å². The molecule has 0 spiro atoms. The van der Waals surface area contributed by atoms with E-state index in [1.54, 1.807) is 18.1 Å². The first-order chi connectivity index (χ1) is 48.5. The molecule has 0 aromatic heterocycles. The molecular weight excluding hydrogens is 1290 g/mol. The number of aliphatic carboxylic acids is 1. The standard InChI is InChI=1S/C34H49N3O13.C22H22N2O3.C19H16N2O.C2H6/c1-5-9-26(41)48-18-19-11-12-22(49-33-29(44)27(42)28(43)30(50-33)32(46)47)21(16-19)36-24(39)13-14-35-23(38)10-7-6-8-15-37-25(40)17-20(31(37)45)34(2,3)4;1-26-10-5-11-27-19-8-9-20-21(13-19)23-14-18-12-17(15-24(18)22(20)25)16-6-3-2-4-7-16;1-13-7-8-17-18(9-13)20-11-16-10-15(12-21(16)19(17)22)14-5-3-2-4-6-14;1-2/h11-12,16,20,27-30,33,42-44H,5-10,13-15,17-18H2,1-4H3,(H,35,38)(H,36,39)(H,46,47);2-4,6-9,13-15,18H,5,10-12H2,1H3;2-9,11-12,16H,10H2,1H3;1-2H3/t20?,27-,28-,29?,30?,33+;18-;16-;/m000./s1. The summed E-state index contributed by atoms with van der Waals surface area (Å²) in [6.45, 7) is 15.1.